The molecule has 88 valence electrons. The standard InChI is InChI=1S/C11H10BrN3O2/c1-5-2-6-9(8(12)3-5)14-4-7(10(6)16)11(17)15-13/h2-4H,13H2,1H3,(H,14,16)(H,15,17). The van der Waals surface area contributed by atoms with Crippen LogP contribution in [0.3, 0.4) is 0 Å². The van der Waals surface area contributed by atoms with E-state index in [1.165, 1.54) is 6.20 Å². The zero-order valence-electron chi connectivity index (χ0n) is 9.00. The SMILES string of the molecule is Cc1cc(Br)c2[nH]cc(C(=O)NN)c(=O)c2c1. The first-order valence-electron chi connectivity index (χ1n) is 4.87. The summed E-state index contributed by atoms with van der Waals surface area (Å²) in [6.45, 7) is 1.87. The summed E-state index contributed by atoms with van der Waals surface area (Å²) in [5, 5.41) is 0.456. The third kappa shape index (κ3) is 1.96. The van der Waals surface area contributed by atoms with E-state index in [1.807, 2.05) is 18.4 Å². The van der Waals surface area contributed by atoms with Crippen LogP contribution in [0.5, 0.6) is 0 Å². The van der Waals surface area contributed by atoms with Crippen molar-refractivity contribution >= 4 is 32.7 Å². The summed E-state index contributed by atoms with van der Waals surface area (Å²) >= 11 is 3.37. The van der Waals surface area contributed by atoms with Crippen LogP contribution < -0.4 is 16.7 Å². The first-order valence-corrected chi connectivity index (χ1v) is 5.66. The number of hydrazine groups is 1. The Kier molecular flexibility index (Phi) is 2.99. The Labute approximate surface area is 105 Å². The molecule has 0 radical (unpaired) electrons. The van der Waals surface area contributed by atoms with E-state index in [0.29, 0.717) is 10.9 Å². The van der Waals surface area contributed by atoms with Gasteiger partial charge in [-0.25, -0.2) is 5.84 Å². The molecular formula is C11H10BrN3O2. The maximum absolute atomic E-state index is 12.1. The summed E-state index contributed by atoms with van der Waals surface area (Å²) in [5.74, 6) is 4.41. The number of carbonyl (C=O) groups is 1. The lowest BCUT2D eigenvalue weighted by molar-refractivity contribution is 0.0952. The second-order valence-electron chi connectivity index (χ2n) is 3.67. The van der Waals surface area contributed by atoms with Crippen LogP contribution in [0.2, 0.25) is 0 Å². The highest BCUT2D eigenvalue weighted by Gasteiger charge is 2.13. The molecule has 0 saturated carbocycles. The van der Waals surface area contributed by atoms with E-state index in [2.05, 4.69) is 20.9 Å². The molecule has 1 aromatic carbocycles. The van der Waals surface area contributed by atoms with Crippen LogP contribution in [0.15, 0.2) is 27.6 Å². The van der Waals surface area contributed by atoms with E-state index in [9.17, 15) is 9.59 Å². The molecule has 0 atom stereocenters. The van der Waals surface area contributed by atoms with Crippen molar-refractivity contribution in [3.63, 3.8) is 0 Å². The molecule has 5 nitrogen and oxygen atoms in total. The summed E-state index contributed by atoms with van der Waals surface area (Å²) in [6, 6.07) is 3.62. The van der Waals surface area contributed by atoms with Gasteiger partial charge in [0.25, 0.3) is 5.91 Å². The second kappa shape index (κ2) is 4.31. The van der Waals surface area contributed by atoms with Crippen LogP contribution in [0, 0.1) is 6.92 Å². The van der Waals surface area contributed by atoms with Gasteiger partial charge >= 0.3 is 0 Å². The molecule has 1 amide bonds. The van der Waals surface area contributed by atoms with E-state index < -0.39 is 5.91 Å². The zero-order chi connectivity index (χ0) is 12.6. The van der Waals surface area contributed by atoms with Crippen molar-refractivity contribution in [1.82, 2.24) is 10.4 Å². The normalized spacial score (nSPS) is 10.5. The van der Waals surface area contributed by atoms with Gasteiger partial charge in [-0.2, -0.15) is 0 Å². The van der Waals surface area contributed by atoms with Gasteiger partial charge in [-0.15, -0.1) is 0 Å². The molecule has 2 rings (SSSR count). The third-order valence-electron chi connectivity index (χ3n) is 2.46. The molecule has 6 heteroatoms. The first-order chi connectivity index (χ1) is 8.04. The lowest BCUT2D eigenvalue weighted by Crippen LogP contribution is -2.33. The summed E-state index contributed by atoms with van der Waals surface area (Å²) in [4.78, 5) is 26.4. The molecule has 0 spiro atoms. The number of aromatic amines is 1. The number of nitrogen functional groups attached to an aromatic ring is 1. The molecule has 0 fully saturated rings. The quantitative estimate of drug-likeness (QED) is 0.420. The number of nitrogens with two attached hydrogens (primary N) is 1. The van der Waals surface area contributed by atoms with Gasteiger partial charge in [-0.1, -0.05) is 0 Å². The lowest BCUT2D eigenvalue weighted by atomic mass is 10.1. The van der Waals surface area contributed by atoms with Crippen LogP contribution in [-0.4, -0.2) is 10.9 Å². The number of aryl methyl sites for hydroxylation is 1. The molecule has 2 aromatic rings. The van der Waals surface area contributed by atoms with Crippen LogP contribution >= 0.6 is 15.9 Å². The minimum Gasteiger partial charge on any atom is -0.359 e. The van der Waals surface area contributed by atoms with Crippen molar-refractivity contribution in [3.8, 4) is 0 Å². The van der Waals surface area contributed by atoms with Gasteiger partial charge in [-0.05, 0) is 40.5 Å². The first kappa shape index (κ1) is 11.8. The Morgan fingerprint density at radius 2 is 2.18 bits per heavy atom. The average molecular weight is 296 g/mol. The number of carbonyl (C=O) groups excluding carboxylic acids is 1. The largest absolute Gasteiger partial charge is 0.359 e. The fraction of sp³-hybridized carbons (Fsp3) is 0.0909. The molecule has 0 unspecified atom stereocenters. The Balaban J connectivity index is 2.85. The van der Waals surface area contributed by atoms with Crippen molar-refractivity contribution in [2.24, 2.45) is 5.84 Å². The number of H-pyrrole nitrogens is 1. The maximum Gasteiger partial charge on any atom is 0.270 e. The zero-order valence-corrected chi connectivity index (χ0v) is 10.6. The number of aromatic nitrogens is 1. The topological polar surface area (TPSA) is 88.0 Å². The number of halogens is 1. The number of hydrogen-bond donors (Lipinski definition) is 3. The Hall–Kier alpha value is -1.66. The van der Waals surface area contributed by atoms with Gasteiger partial charge in [0.05, 0.1) is 5.52 Å². The molecule has 17 heavy (non-hydrogen) atoms. The maximum atomic E-state index is 12.1. The van der Waals surface area contributed by atoms with E-state index >= 15 is 0 Å². The van der Waals surface area contributed by atoms with Gasteiger partial charge in [0.2, 0.25) is 5.43 Å². The van der Waals surface area contributed by atoms with Gasteiger partial charge in [0, 0.05) is 16.1 Å². The van der Waals surface area contributed by atoms with E-state index in [-0.39, 0.29) is 11.0 Å². The summed E-state index contributed by atoms with van der Waals surface area (Å²) in [5.41, 5.74) is 3.19. The highest BCUT2D eigenvalue weighted by molar-refractivity contribution is 9.10. The van der Waals surface area contributed by atoms with Crippen molar-refractivity contribution in [1.29, 1.82) is 0 Å². The Morgan fingerprint density at radius 1 is 1.47 bits per heavy atom. The number of amides is 1. The summed E-state index contributed by atoms with van der Waals surface area (Å²) in [6.07, 6.45) is 1.35. The predicted molar refractivity (Wildman–Crippen MR) is 68.7 cm³/mol. The van der Waals surface area contributed by atoms with Gasteiger partial charge in [0.1, 0.15) is 5.56 Å². The fourth-order valence-corrected chi connectivity index (χ4v) is 2.36. The van der Waals surface area contributed by atoms with Gasteiger partial charge in [0.15, 0.2) is 0 Å². The van der Waals surface area contributed by atoms with Crippen LogP contribution in [0.25, 0.3) is 10.9 Å². The van der Waals surface area contributed by atoms with E-state index in [4.69, 9.17) is 5.84 Å². The predicted octanol–water partition coefficient (Wildman–Crippen LogP) is 1.20. The molecule has 0 bridgehead atoms. The third-order valence-corrected chi connectivity index (χ3v) is 3.09. The van der Waals surface area contributed by atoms with Crippen molar-refractivity contribution < 1.29 is 4.79 Å². The summed E-state index contributed by atoms with van der Waals surface area (Å²) < 4.78 is 0.782. The summed E-state index contributed by atoms with van der Waals surface area (Å²) in [7, 11) is 0. The van der Waals surface area contributed by atoms with E-state index in [1.54, 1.807) is 6.07 Å². The number of benzene rings is 1. The average Bonchev–Trinajstić information content (AvgIpc) is 2.29. The molecule has 0 saturated heterocycles. The number of nitrogens with one attached hydrogen (secondary N) is 2. The minimum atomic E-state index is -0.606. The molecule has 0 aliphatic rings. The number of hydrogen-bond acceptors (Lipinski definition) is 3. The van der Waals surface area contributed by atoms with Crippen LogP contribution in [0.1, 0.15) is 15.9 Å². The molecule has 0 aliphatic carbocycles. The number of pyridine rings is 1. The number of fused-ring (bicyclic) bond motifs is 1. The lowest BCUT2D eigenvalue weighted by Gasteiger charge is -2.05. The minimum absolute atomic E-state index is 0.00231. The molecule has 0 aliphatic heterocycles. The van der Waals surface area contributed by atoms with Crippen molar-refractivity contribution in [2.45, 2.75) is 6.92 Å². The van der Waals surface area contributed by atoms with Crippen molar-refractivity contribution in [2.75, 3.05) is 0 Å². The fourth-order valence-electron chi connectivity index (χ4n) is 1.67. The molecular weight excluding hydrogens is 286 g/mol. The number of rotatable bonds is 1. The second-order valence-corrected chi connectivity index (χ2v) is 4.53. The smallest absolute Gasteiger partial charge is 0.270 e. The molecule has 4 N–H and O–H groups in total. The Bertz CT molecular complexity index is 664. The molecule has 1 heterocycles. The molecule has 1 aromatic heterocycles. The van der Waals surface area contributed by atoms with E-state index in [0.717, 1.165) is 10.0 Å². The highest BCUT2D eigenvalue weighted by atomic mass is 79.9. The van der Waals surface area contributed by atoms with Gasteiger partial charge in [-0.3, -0.25) is 15.0 Å². The highest BCUT2D eigenvalue weighted by Crippen LogP contribution is 2.21. The van der Waals surface area contributed by atoms with Crippen molar-refractivity contribution in [3.05, 3.63) is 44.2 Å². The monoisotopic (exact) mass is 295 g/mol. The van der Waals surface area contributed by atoms with Gasteiger partial charge < -0.3 is 4.98 Å². The van der Waals surface area contributed by atoms with Crippen LogP contribution in [-0.2, 0) is 0 Å². The Morgan fingerprint density at radius 3 is 2.82 bits per heavy atom. The van der Waals surface area contributed by atoms with Crippen LogP contribution in [0.4, 0.5) is 0 Å².